The molecule has 0 unspecified atom stereocenters. The van der Waals surface area contributed by atoms with Crippen LogP contribution >= 0.6 is 0 Å². The third-order valence-electron chi connectivity index (χ3n) is 5.60. The molecule has 2 heterocycles. The van der Waals surface area contributed by atoms with E-state index in [1.165, 1.54) is 6.07 Å². The van der Waals surface area contributed by atoms with Gasteiger partial charge in [-0.25, -0.2) is 13.8 Å². The minimum absolute atomic E-state index is 0.0619. The van der Waals surface area contributed by atoms with Crippen LogP contribution in [0.4, 0.5) is 8.78 Å². The van der Waals surface area contributed by atoms with Gasteiger partial charge in [0.25, 0.3) is 5.91 Å². The summed E-state index contributed by atoms with van der Waals surface area (Å²) in [6.45, 7) is 10.0. The molecule has 0 saturated carbocycles. The number of imidazole rings is 1. The molecule has 0 saturated heterocycles. The minimum atomic E-state index is -0.961. The molecule has 6 nitrogen and oxygen atoms in total. The van der Waals surface area contributed by atoms with E-state index in [0.29, 0.717) is 24.4 Å². The van der Waals surface area contributed by atoms with Gasteiger partial charge < -0.3 is 15.2 Å². The van der Waals surface area contributed by atoms with Crippen molar-refractivity contribution in [2.45, 2.75) is 78.9 Å². The van der Waals surface area contributed by atoms with E-state index in [1.54, 1.807) is 0 Å². The Morgan fingerprint density at radius 3 is 2.41 bits per heavy atom. The molecule has 1 atom stereocenters. The maximum absolute atomic E-state index is 13.9. The summed E-state index contributed by atoms with van der Waals surface area (Å²) in [4.78, 5) is 30.7. The predicted molar refractivity (Wildman–Crippen MR) is 119 cm³/mol. The standard InChI is InChI=1S/C24H32F2N4O2/c1-14(2)27-23(32)20(24(3,4)5)29-22(31)19-18-9-7-6-8-12-30(18)21(28-19)15-10-11-16(25)17(26)13-15/h10-11,13-14,20H,6-9,12H2,1-5H3,(H,27,32)(H,29,31)/t20-/m1/s1. The van der Waals surface area contributed by atoms with Crippen molar-refractivity contribution in [3.63, 3.8) is 0 Å². The van der Waals surface area contributed by atoms with Crippen LogP contribution in [0.25, 0.3) is 11.4 Å². The summed E-state index contributed by atoms with van der Waals surface area (Å²) in [7, 11) is 0. The second kappa shape index (κ2) is 9.38. The minimum Gasteiger partial charge on any atom is -0.352 e. The van der Waals surface area contributed by atoms with Gasteiger partial charge in [-0.1, -0.05) is 27.2 Å². The second-order valence-electron chi connectivity index (χ2n) is 9.76. The van der Waals surface area contributed by atoms with E-state index in [9.17, 15) is 18.4 Å². The van der Waals surface area contributed by atoms with Gasteiger partial charge in [-0.05, 0) is 56.7 Å². The molecule has 32 heavy (non-hydrogen) atoms. The van der Waals surface area contributed by atoms with E-state index >= 15 is 0 Å². The van der Waals surface area contributed by atoms with Crippen molar-refractivity contribution in [3.8, 4) is 11.4 Å². The SMILES string of the molecule is CC(C)NC(=O)[C@@H](NC(=O)c1nc(-c2ccc(F)c(F)c2)n2c1CCCCC2)C(C)(C)C. The Balaban J connectivity index is 2.01. The number of hydrogen-bond donors (Lipinski definition) is 2. The third-order valence-corrected chi connectivity index (χ3v) is 5.60. The molecule has 0 fully saturated rings. The summed E-state index contributed by atoms with van der Waals surface area (Å²) in [5.74, 6) is -2.16. The lowest BCUT2D eigenvalue weighted by Crippen LogP contribution is -2.54. The van der Waals surface area contributed by atoms with Gasteiger partial charge in [0.15, 0.2) is 11.6 Å². The molecule has 0 radical (unpaired) electrons. The Kier molecular flexibility index (Phi) is 7.00. The molecule has 1 aliphatic heterocycles. The van der Waals surface area contributed by atoms with Crippen molar-refractivity contribution >= 4 is 11.8 Å². The molecule has 0 aliphatic carbocycles. The van der Waals surface area contributed by atoms with E-state index in [2.05, 4.69) is 15.6 Å². The molecular weight excluding hydrogens is 414 g/mol. The predicted octanol–water partition coefficient (Wildman–Crippen LogP) is 4.22. The van der Waals surface area contributed by atoms with Crippen LogP contribution < -0.4 is 10.6 Å². The highest BCUT2D eigenvalue weighted by molar-refractivity contribution is 5.98. The van der Waals surface area contributed by atoms with E-state index in [4.69, 9.17) is 0 Å². The molecule has 0 bridgehead atoms. The largest absolute Gasteiger partial charge is 0.352 e. The second-order valence-corrected chi connectivity index (χ2v) is 9.76. The van der Waals surface area contributed by atoms with Gasteiger partial charge in [-0.15, -0.1) is 0 Å². The maximum atomic E-state index is 13.9. The number of fused-ring (bicyclic) bond motifs is 1. The molecule has 3 rings (SSSR count). The first-order valence-corrected chi connectivity index (χ1v) is 11.1. The number of benzene rings is 1. The monoisotopic (exact) mass is 446 g/mol. The summed E-state index contributed by atoms with van der Waals surface area (Å²) in [5.41, 5.74) is 0.889. The molecule has 2 amide bonds. The van der Waals surface area contributed by atoms with Crippen LogP contribution in [0.15, 0.2) is 18.2 Å². The summed E-state index contributed by atoms with van der Waals surface area (Å²) in [6.07, 6.45) is 3.46. The molecule has 0 spiro atoms. The molecule has 174 valence electrons. The van der Waals surface area contributed by atoms with E-state index < -0.39 is 29.0 Å². The Morgan fingerprint density at radius 1 is 1.06 bits per heavy atom. The van der Waals surface area contributed by atoms with Gasteiger partial charge >= 0.3 is 0 Å². The number of nitrogens with one attached hydrogen (secondary N) is 2. The van der Waals surface area contributed by atoms with Crippen molar-refractivity contribution in [1.82, 2.24) is 20.2 Å². The fraction of sp³-hybridized carbons (Fsp3) is 0.542. The number of halogens is 2. The average molecular weight is 447 g/mol. The zero-order valence-electron chi connectivity index (χ0n) is 19.4. The first kappa shape index (κ1) is 23.9. The Morgan fingerprint density at radius 2 is 1.78 bits per heavy atom. The fourth-order valence-corrected chi connectivity index (χ4v) is 4.00. The van der Waals surface area contributed by atoms with Crippen LogP contribution in [0, 0.1) is 17.0 Å². The lowest BCUT2D eigenvalue weighted by molar-refractivity contribution is -0.125. The number of carbonyl (C=O) groups excluding carboxylic acids is 2. The number of nitrogens with zero attached hydrogens (tertiary/aromatic N) is 2. The van der Waals surface area contributed by atoms with Gasteiger partial charge in [0.1, 0.15) is 17.6 Å². The smallest absolute Gasteiger partial charge is 0.272 e. The number of rotatable bonds is 5. The van der Waals surface area contributed by atoms with E-state index in [0.717, 1.165) is 37.1 Å². The molecule has 2 aromatic rings. The Bertz CT molecular complexity index is 1010. The van der Waals surface area contributed by atoms with Gasteiger partial charge in [0.2, 0.25) is 5.91 Å². The molecule has 8 heteroatoms. The quantitative estimate of drug-likeness (QED) is 0.722. The fourth-order valence-electron chi connectivity index (χ4n) is 4.00. The number of aromatic nitrogens is 2. The lowest BCUT2D eigenvalue weighted by Gasteiger charge is -2.31. The molecule has 1 aliphatic rings. The van der Waals surface area contributed by atoms with Crippen molar-refractivity contribution in [2.75, 3.05) is 0 Å². The highest BCUT2D eigenvalue weighted by Crippen LogP contribution is 2.29. The van der Waals surface area contributed by atoms with Crippen molar-refractivity contribution in [1.29, 1.82) is 0 Å². The van der Waals surface area contributed by atoms with Crippen LogP contribution in [-0.4, -0.2) is 33.4 Å². The molecule has 2 N–H and O–H groups in total. The first-order valence-electron chi connectivity index (χ1n) is 11.1. The topological polar surface area (TPSA) is 76.0 Å². The Hall–Kier alpha value is -2.77. The van der Waals surface area contributed by atoms with Gasteiger partial charge in [-0.3, -0.25) is 9.59 Å². The lowest BCUT2D eigenvalue weighted by atomic mass is 9.86. The maximum Gasteiger partial charge on any atom is 0.272 e. The van der Waals surface area contributed by atoms with Gasteiger partial charge in [0.05, 0.1) is 5.69 Å². The molecule has 1 aromatic heterocycles. The summed E-state index contributed by atoms with van der Waals surface area (Å²) >= 11 is 0. The van der Waals surface area contributed by atoms with Crippen LogP contribution in [0.1, 0.15) is 70.1 Å². The van der Waals surface area contributed by atoms with Gasteiger partial charge in [0, 0.05) is 18.2 Å². The average Bonchev–Trinajstić information content (AvgIpc) is 2.88. The third kappa shape index (κ3) is 5.16. The van der Waals surface area contributed by atoms with Crippen LogP contribution in [0.5, 0.6) is 0 Å². The Labute approximate surface area is 187 Å². The van der Waals surface area contributed by atoms with E-state index in [-0.39, 0.29) is 17.6 Å². The summed E-state index contributed by atoms with van der Waals surface area (Å²) < 4.78 is 29.3. The zero-order valence-corrected chi connectivity index (χ0v) is 19.4. The summed E-state index contributed by atoms with van der Waals surface area (Å²) in [5, 5.41) is 5.74. The molecule has 1 aromatic carbocycles. The van der Waals surface area contributed by atoms with E-state index in [1.807, 2.05) is 39.2 Å². The van der Waals surface area contributed by atoms with Crippen LogP contribution in [0.3, 0.4) is 0 Å². The normalized spacial score (nSPS) is 15.1. The highest BCUT2D eigenvalue weighted by atomic mass is 19.2. The number of amides is 2. The summed E-state index contributed by atoms with van der Waals surface area (Å²) in [6, 6.07) is 2.81. The van der Waals surface area contributed by atoms with Gasteiger partial charge in [-0.2, -0.15) is 0 Å². The first-order chi connectivity index (χ1) is 15.0. The number of carbonyl (C=O) groups is 2. The van der Waals surface area contributed by atoms with Crippen molar-refractivity contribution in [2.24, 2.45) is 5.41 Å². The number of hydrogen-bond acceptors (Lipinski definition) is 3. The van der Waals surface area contributed by atoms with Crippen LogP contribution in [0.2, 0.25) is 0 Å². The van der Waals surface area contributed by atoms with Crippen molar-refractivity contribution in [3.05, 3.63) is 41.2 Å². The van der Waals surface area contributed by atoms with Crippen molar-refractivity contribution < 1.29 is 18.4 Å². The highest BCUT2D eigenvalue weighted by Gasteiger charge is 2.35. The molecular formula is C24H32F2N4O2. The zero-order chi connectivity index (χ0) is 23.6. The van der Waals surface area contributed by atoms with Crippen LogP contribution in [-0.2, 0) is 17.8 Å².